The van der Waals surface area contributed by atoms with Crippen LogP contribution in [-0.4, -0.2) is 20.2 Å². The van der Waals surface area contributed by atoms with E-state index in [9.17, 15) is 0 Å². The summed E-state index contributed by atoms with van der Waals surface area (Å²) in [4.78, 5) is 1.50. The Balaban J connectivity index is 2.04. The molecule has 1 aromatic heterocycles. The SMILES string of the molecule is Cc1ccc(Cl)cc1-n1nnc(-c2ccccc2)n1. The van der Waals surface area contributed by atoms with E-state index in [-0.39, 0.29) is 0 Å². The highest BCUT2D eigenvalue weighted by Crippen LogP contribution is 2.19. The van der Waals surface area contributed by atoms with Gasteiger partial charge in [0.15, 0.2) is 0 Å². The summed E-state index contributed by atoms with van der Waals surface area (Å²) in [5, 5.41) is 13.2. The largest absolute Gasteiger partial charge is 0.205 e. The van der Waals surface area contributed by atoms with Crippen LogP contribution >= 0.6 is 11.6 Å². The Bertz CT molecular complexity index is 706. The van der Waals surface area contributed by atoms with Gasteiger partial charge in [0.05, 0.1) is 5.69 Å². The Morgan fingerprint density at radius 3 is 2.63 bits per heavy atom. The van der Waals surface area contributed by atoms with Gasteiger partial charge < -0.3 is 0 Å². The van der Waals surface area contributed by atoms with Gasteiger partial charge >= 0.3 is 0 Å². The van der Waals surface area contributed by atoms with Crippen LogP contribution in [0.1, 0.15) is 5.56 Å². The molecule has 0 bridgehead atoms. The first-order chi connectivity index (χ1) is 9.24. The Kier molecular flexibility index (Phi) is 3.01. The Morgan fingerprint density at radius 2 is 1.84 bits per heavy atom. The summed E-state index contributed by atoms with van der Waals surface area (Å²) >= 11 is 6.00. The number of halogens is 1. The minimum absolute atomic E-state index is 0.597. The summed E-state index contributed by atoms with van der Waals surface area (Å²) in [7, 11) is 0. The van der Waals surface area contributed by atoms with Crippen molar-refractivity contribution < 1.29 is 0 Å². The highest BCUT2D eigenvalue weighted by Gasteiger charge is 2.09. The van der Waals surface area contributed by atoms with Crippen molar-refractivity contribution >= 4 is 11.6 Å². The van der Waals surface area contributed by atoms with Crippen LogP contribution in [-0.2, 0) is 0 Å². The zero-order valence-electron chi connectivity index (χ0n) is 10.3. The lowest BCUT2D eigenvalue weighted by atomic mass is 10.2. The molecule has 2 aromatic carbocycles. The summed E-state index contributed by atoms with van der Waals surface area (Å²) < 4.78 is 0. The topological polar surface area (TPSA) is 43.6 Å². The van der Waals surface area contributed by atoms with Crippen molar-refractivity contribution in [3.8, 4) is 17.1 Å². The lowest BCUT2D eigenvalue weighted by Crippen LogP contribution is -2.01. The van der Waals surface area contributed by atoms with Gasteiger partial charge in [-0.25, -0.2) is 0 Å². The van der Waals surface area contributed by atoms with E-state index in [0.717, 1.165) is 16.8 Å². The monoisotopic (exact) mass is 270 g/mol. The maximum Gasteiger partial charge on any atom is 0.205 e. The predicted octanol–water partition coefficient (Wildman–Crippen LogP) is 3.29. The highest BCUT2D eigenvalue weighted by molar-refractivity contribution is 6.30. The second kappa shape index (κ2) is 4.82. The summed E-state index contributed by atoms with van der Waals surface area (Å²) in [6, 6.07) is 15.3. The van der Waals surface area contributed by atoms with Crippen LogP contribution in [0.2, 0.25) is 5.02 Å². The highest BCUT2D eigenvalue weighted by atomic mass is 35.5. The molecular formula is C14H11ClN4. The molecule has 4 nitrogen and oxygen atoms in total. The predicted molar refractivity (Wildman–Crippen MR) is 74.3 cm³/mol. The van der Waals surface area contributed by atoms with Crippen molar-refractivity contribution in [1.82, 2.24) is 20.2 Å². The van der Waals surface area contributed by atoms with Gasteiger partial charge in [-0.2, -0.15) is 0 Å². The Hall–Kier alpha value is -2.20. The van der Waals surface area contributed by atoms with E-state index in [2.05, 4.69) is 15.4 Å². The molecule has 3 rings (SSSR count). The van der Waals surface area contributed by atoms with Gasteiger partial charge in [-0.3, -0.25) is 0 Å². The van der Waals surface area contributed by atoms with Crippen LogP contribution in [0.5, 0.6) is 0 Å². The molecule has 0 atom stereocenters. The maximum atomic E-state index is 6.00. The van der Waals surface area contributed by atoms with Crippen molar-refractivity contribution in [2.45, 2.75) is 6.92 Å². The maximum absolute atomic E-state index is 6.00. The molecule has 5 heteroatoms. The van der Waals surface area contributed by atoms with E-state index >= 15 is 0 Å². The van der Waals surface area contributed by atoms with Crippen LogP contribution in [0.15, 0.2) is 48.5 Å². The number of tetrazole rings is 1. The number of hydrogen-bond acceptors (Lipinski definition) is 3. The normalized spacial score (nSPS) is 10.6. The third-order valence-corrected chi connectivity index (χ3v) is 3.07. The minimum Gasteiger partial charge on any atom is -0.130 e. The van der Waals surface area contributed by atoms with E-state index in [1.54, 1.807) is 0 Å². The number of rotatable bonds is 2. The number of aromatic nitrogens is 4. The Morgan fingerprint density at radius 1 is 1.05 bits per heavy atom. The standard InChI is InChI=1S/C14H11ClN4/c1-10-7-8-12(15)9-13(10)19-17-14(16-18-19)11-5-3-2-4-6-11/h2-9H,1H3. The van der Waals surface area contributed by atoms with Gasteiger partial charge in [-0.05, 0) is 29.8 Å². The molecule has 0 aliphatic rings. The quantitative estimate of drug-likeness (QED) is 0.718. The molecule has 0 fully saturated rings. The smallest absolute Gasteiger partial charge is 0.130 e. The van der Waals surface area contributed by atoms with Crippen molar-refractivity contribution in [3.63, 3.8) is 0 Å². The first-order valence-electron chi connectivity index (χ1n) is 5.86. The summed E-state index contributed by atoms with van der Waals surface area (Å²) in [6.45, 7) is 1.98. The second-order valence-corrected chi connectivity index (χ2v) is 4.64. The molecule has 0 N–H and O–H groups in total. The lowest BCUT2D eigenvalue weighted by Gasteiger charge is -2.03. The van der Waals surface area contributed by atoms with E-state index in [1.807, 2.05) is 55.5 Å². The molecular weight excluding hydrogens is 260 g/mol. The average molecular weight is 271 g/mol. The molecule has 19 heavy (non-hydrogen) atoms. The zero-order valence-corrected chi connectivity index (χ0v) is 11.0. The first kappa shape index (κ1) is 11.9. The molecule has 0 radical (unpaired) electrons. The molecule has 0 aliphatic heterocycles. The first-order valence-corrected chi connectivity index (χ1v) is 6.24. The van der Waals surface area contributed by atoms with Crippen molar-refractivity contribution in [2.24, 2.45) is 0 Å². The van der Waals surface area contributed by atoms with Crippen molar-refractivity contribution in [3.05, 3.63) is 59.1 Å². The van der Waals surface area contributed by atoms with E-state index < -0.39 is 0 Å². The van der Waals surface area contributed by atoms with Gasteiger partial charge in [-0.15, -0.1) is 15.0 Å². The molecule has 0 amide bonds. The van der Waals surface area contributed by atoms with Gasteiger partial charge in [0.25, 0.3) is 0 Å². The second-order valence-electron chi connectivity index (χ2n) is 4.20. The average Bonchev–Trinajstić information content (AvgIpc) is 2.92. The third-order valence-electron chi connectivity index (χ3n) is 2.83. The minimum atomic E-state index is 0.597. The number of benzene rings is 2. The van der Waals surface area contributed by atoms with Crippen LogP contribution in [0, 0.1) is 6.92 Å². The van der Waals surface area contributed by atoms with Gasteiger partial charge in [0, 0.05) is 10.6 Å². The third kappa shape index (κ3) is 2.35. The molecule has 94 valence electrons. The van der Waals surface area contributed by atoms with Gasteiger partial charge in [0.2, 0.25) is 5.82 Å². The van der Waals surface area contributed by atoms with Crippen LogP contribution in [0.3, 0.4) is 0 Å². The fourth-order valence-corrected chi connectivity index (χ4v) is 1.98. The molecule has 0 saturated carbocycles. The van der Waals surface area contributed by atoms with Crippen LogP contribution in [0.25, 0.3) is 17.1 Å². The summed E-state index contributed by atoms with van der Waals surface area (Å²) in [6.07, 6.45) is 0. The van der Waals surface area contributed by atoms with Crippen molar-refractivity contribution in [1.29, 1.82) is 0 Å². The van der Waals surface area contributed by atoms with E-state index in [4.69, 9.17) is 11.6 Å². The number of nitrogens with zero attached hydrogens (tertiary/aromatic N) is 4. The van der Waals surface area contributed by atoms with Gasteiger partial charge in [0.1, 0.15) is 0 Å². The van der Waals surface area contributed by atoms with Crippen molar-refractivity contribution in [2.75, 3.05) is 0 Å². The molecule has 1 heterocycles. The summed E-state index contributed by atoms with van der Waals surface area (Å²) in [5.41, 5.74) is 2.82. The Labute approximate surface area is 115 Å². The summed E-state index contributed by atoms with van der Waals surface area (Å²) in [5.74, 6) is 0.597. The molecule has 0 aliphatic carbocycles. The van der Waals surface area contributed by atoms with Crippen LogP contribution in [0.4, 0.5) is 0 Å². The number of hydrogen-bond donors (Lipinski definition) is 0. The number of aryl methyl sites for hydroxylation is 1. The fraction of sp³-hybridized carbons (Fsp3) is 0.0714. The molecule has 0 spiro atoms. The molecule has 3 aromatic rings. The lowest BCUT2D eigenvalue weighted by molar-refractivity contribution is 0.716. The molecule has 0 saturated heterocycles. The fourth-order valence-electron chi connectivity index (χ4n) is 1.82. The molecule has 0 unspecified atom stereocenters. The van der Waals surface area contributed by atoms with E-state index in [0.29, 0.717) is 10.8 Å². The zero-order chi connectivity index (χ0) is 13.2. The van der Waals surface area contributed by atoms with Gasteiger partial charge in [-0.1, -0.05) is 48.0 Å². The van der Waals surface area contributed by atoms with E-state index in [1.165, 1.54) is 4.80 Å². The van der Waals surface area contributed by atoms with Crippen LogP contribution < -0.4 is 0 Å².